The van der Waals surface area contributed by atoms with Gasteiger partial charge >= 0.3 is 0 Å². The van der Waals surface area contributed by atoms with Gasteiger partial charge in [0.15, 0.2) is 0 Å². The molecule has 2 aromatic heterocycles. The molecule has 0 saturated heterocycles. The fraction of sp³-hybridized carbons (Fsp3) is 0. The zero-order valence-corrected chi connectivity index (χ0v) is 31.9. The number of hydrogen-bond donors (Lipinski definition) is 0. The molecule has 0 N–H and O–H groups in total. The minimum atomic E-state index is 1.12. The topological polar surface area (TPSA) is 8.17 Å². The van der Waals surface area contributed by atoms with E-state index in [2.05, 4.69) is 228 Å². The molecule has 0 bridgehead atoms. The third-order valence-electron chi connectivity index (χ3n) is 11.2. The summed E-state index contributed by atoms with van der Waals surface area (Å²) < 4.78 is 4.97. The second-order valence-electron chi connectivity index (χ2n) is 14.6. The van der Waals surface area contributed by atoms with Gasteiger partial charge < -0.3 is 9.47 Å². The maximum absolute atomic E-state index is 2.44. The Morgan fingerprint density at radius 3 is 1.35 bits per heavy atom. The first-order valence-electron chi connectivity index (χ1n) is 19.4. The van der Waals surface area contributed by atoms with Crippen molar-refractivity contribution in [3.63, 3.8) is 0 Å². The van der Waals surface area contributed by atoms with Crippen molar-refractivity contribution in [3.8, 4) is 39.1 Å². The number of aromatic nitrogens is 1. The number of benzene rings is 9. The highest BCUT2D eigenvalue weighted by molar-refractivity contribution is 7.25. The van der Waals surface area contributed by atoms with Crippen LogP contribution in [0.25, 0.3) is 81.0 Å². The van der Waals surface area contributed by atoms with Crippen LogP contribution in [0.3, 0.4) is 0 Å². The number of nitrogens with zero attached hydrogens (tertiary/aromatic N) is 2. The van der Waals surface area contributed by atoms with Crippen LogP contribution in [0.1, 0.15) is 0 Å². The zero-order valence-electron chi connectivity index (χ0n) is 31.1. The van der Waals surface area contributed by atoms with Crippen LogP contribution in [0.15, 0.2) is 218 Å². The SMILES string of the molecule is c1ccc(-c2ccc(N(c3ccc(-c4ccccc4)cc3)c3ccc4c(c3)sc3cc(-n5c6ccccc6c6ccc(-c7ccccc7)cc65)ccc34)cc2)cc1. The highest BCUT2D eigenvalue weighted by Crippen LogP contribution is 2.43. The smallest absolute Gasteiger partial charge is 0.0547 e. The quantitative estimate of drug-likeness (QED) is 0.158. The Balaban J connectivity index is 1.03. The van der Waals surface area contributed by atoms with Gasteiger partial charge in [-0.25, -0.2) is 0 Å². The van der Waals surface area contributed by atoms with Gasteiger partial charge in [-0.2, -0.15) is 0 Å². The lowest BCUT2D eigenvalue weighted by Crippen LogP contribution is -2.09. The second-order valence-corrected chi connectivity index (χ2v) is 15.7. The first kappa shape index (κ1) is 33.2. The third-order valence-corrected chi connectivity index (χ3v) is 12.3. The van der Waals surface area contributed by atoms with Gasteiger partial charge in [-0.3, -0.25) is 0 Å². The van der Waals surface area contributed by atoms with Crippen molar-refractivity contribution < 1.29 is 0 Å². The Labute approximate surface area is 335 Å². The van der Waals surface area contributed by atoms with E-state index in [4.69, 9.17) is 0 Å². The standard InChI is InChI=1S/C54H36N2S/c1-4-12-37(13-5-1)40-20-25-43(26-21-40)55(44-27-22-41(23-28-44)38-14-6-2-7-15-38)45-29-32-49-50-33-30-46(36-54(50)57-53(49)35-45)56-51-19-11-10-18-47(51)48-31-24-42(34-52(48)56)39-16-8-3-9-17-39/h1-36H. The predicted octanol–water partition coefficient (Wildman–Crippen LogP) is 15.6. The van der Waals surface area contributed by atoms with Gasteiger partial charge in [0.25, 0.3) is 0 Å². The van der Waals surface area contributed by atoms with Gasteiger partial charge in [-0.05, 0) is 94.0 Å². The molecule has 0 aliphatic carbocycles. The van der Waals surface area contributed by atoms with E-state index >= 15 is 0 Å². The summed E-state index contributed by atoms with van der Waals surface area (Å²) in [5, 5.41) is 5.08. The van der Waals surface area contributed by atoms with Gasteiger partial charge in [0, 0.05) is 53.7 Å². The van der Waals surface area contributed by atoms with Crippen LogP contribution < -0.4 is 4.90 Å². The van der Waals surface area contributed by atoms with E-state index in [1.54, 1.807) is 0 Å². The summed E-state index contributed by atoms with van der Waals surface area (Å²) in [6.45, 7) is 0. The minimum absolute atomic E-state index is 1.12. The summed E-state index contributed by atoms with van der Waals surface area (Å²) in [6, 6.07) is 79.3. The van der Waals surface area contributed by atoms with E-state index < -0.39 is 0 Å². The van der Waals surface area contributed by atoms with Crippen LogP contribution in [0, 0.1) is 0 Å². The van der Waals surface area contributed by atoms with Crippen LogP contribution in [0.4, 0.5) is 17.1 Å². The lowest BCUT2D eigenvalue weighted by atomic mass is 10.0. The first-order chi connectivity index (χ1) is 28.2. The number of rotatable bonds is 7. The Kier molecular flexibility index (Phi) is 8.04. The molecule has 0 aliphatic rings. The number of para-hydroxylation sites is 1. The first-order valence-corrected chi connectivity index (χ1v) is 20.2. The van der Waals surface area contributed by atoms with E-state index in [0.717, 1.165) is 17.1 Å². The molecule has 0 unspecified atom stereocenters. The molecule has 2 nitrogen and oxygen atoms in total. The molecule has 268 valence electrons. The zero-order chi connectivity index (χ0) is 37.7. The third kappa shape index (κ3) is 5.88. The molecule has 11 aromatic rings. The van der Waals surface area contributed by atoms with E-state index in [9.17, 15) is 0 Å². The van der Waals surface area contributed by atoms with Crippen molar-refractivity contribution in [2.75, 3.05) is 4.90 Å². The van der Waals surface area contributed by atoms with E-state index in [0.29, 0.717) is 0 Å². The van der Waals surface area contributed by atoms with Crippen molar-refractivity contribution in [3.05, 3.63) is 218 Å². The molecule has 0 amide bonds. The van der Waals surface area contributed by atoms with E-state index in [1.165, 1.54) is 81.0 Å². The maximum Gasteiger partial charge on any atom is 0.0547 e. The summed E-state index contributed by atoms with van der Waals surface area (Å²) >= 11 is 1.87. The predicted molar refractivity (Wildman–Crippen MR) is 245 cm³/mol. The maximum atomic E-state index is 2.44. The molecular formula is C54H36N2S. The molecule has 0 atom stereocenters. The van der Waals surface area contributed by atoms with Crippen molar-refractivity contribution in [2.24, 2.45) is 0 Å². The van der Waals surface area contributed by atoms with Gasteiger partial charge in [0.1, 0.15) is 0 Å². The Morgan fingerprint density at radius 1 is 0.298 bits per heavy atom. The van der Waals surface area contributed by atoms with Gasteiger partial charge in [0.05, 0.1) is 11.0 Å². The Bertz CT molecular complexity index is 3120. The molecule has 0 spiro atoms. The summed E-state index contributed by atoms with van der Waals surface area (Å²) in [7, 11) is 0. The highest BCUT2D eigenvalue weighted by atomic mass is 32.1. The fourth-order valence-electron chi connectivity index (χ4n) is 8.41. The van der Waals surface area contributed by atoms with E-state index in [1.807, 2.05) is 11.3 Å². The summed E-state index contributed by atoms with van der Waals surface area (Å²) in [6.07, 6.45) is 0. The summed E-state index contributed by atoms with van der Waals surface area (Å²) in [5.74, 6) is 0. The largest absolute Gasteiger partial charge is 0.310 e. The average molecular weight is 745 g/mol. The lowest BCUT2D eigenvalue weighted by Gasteiger charge is -2.26. The molecule has 11 rings (SSSR count). The molecule has 57 heavy (non-hydrogen) atoms. The monoisotopic (exact) mass is 744 g/mol. The molecule has 2 heterocycles. The van der Waals surface area contributed by atoms with Gasteiger partial charge in [0.2, 0.25) is 0 Å². The normalized spacial score (nSPS) is 11.5. The molecule has 3 heteroatoms. The van der Waals surface area contributed by atoms with Crippen molar-refractivity contribution in [2.45, 2.75) is 0 Å². The van der Waals surface area contributed by atoms with Gasteiger partial charge in [-0.1, -0.05) is 158 Å². The number of hydrogen-bond acceptors (Lipinski definition) is 2. The molecule has 0 fully saturated rings. The van der Waals surface area contributed by atoms with Crippen molar-refractivity contribution in [1.29, 1.82) is 0 Å². The van der Waals surface area contributed by atoms with Gasteiger partial charge in [-0.15, -0.1) is 11.3 Å². The minimum Gasteiger partial charge on any atom is -0.310 e. The van der Waals surface area contributed by atoms with Crippen LogP contribution in [-0.4, -0.2) is 4.57 Å². The summed E-state index contributed by atoms with van der Waals surface area (Å²) in [4.78, 5) is 2.38. The summed E-state index contributed by atoms with van der Waals surface area (Å²) in [5.41, 5.74) is 14.2. The Morgan fingerprint density at radius 2 is 0.737 bits per heavy atom. The van der Waals surface area contributed by atoms with Crippen LogP contribution in [0.5, 0.6) is 0 Å². The molecular weight excluding hydrogens is 709 g/mol. The average Bonchev–Trinajstić information content (AvgIpc) is 3.82. The highest BCUT2D eigenvalue weighted by Gasteiger charge is 2.18. The van der Waals surface area contributed by atoms with Crippen LogP contribution >= 0.6 is 11.3 Å². The Hall–Kier alpha value is -7.20. The molecule has 0 saturated carbocycles. The van der Waals surface area contributed by atoms with Crippen molar-refractivity contribution >= 4 is 70.4 Å². The number of thiophene rings is 1. The molecule has 9 aromatic carbocycles. The number of anilines is 3. The second kappa shape index (κ2) is 13.8. The fourth-order valence-corrected chi connectivity index (χ4v) is 9.58. The lowest BCUT2D eigenvalue weighted by molar-refractivity contribution is 1.19. The van der Waals surface area contributed by atoms with E-state index in [-0.39, 0.29) is 0 Å². The van der Waals surface area contributed by atoms with Crippen LogP contribution in [0.2, 0.25) is 0 Å². The number of fused-ring (bicyclic) bond motifs is 6. The van der Waals surface area contributed by atoms with Crippen molar-refractivity contribution in [1.82, 2.24) is 4.57 Å². The van der Waals surface area contributed by atoms with Crippen LogP contribution in [-0.2, 0) is 0 Å². The molecule has 0 aliphatic heterocycles. The molecule has 0 radical (unpaired) electrons.